The fraction of sp³-hybridized carbons (Fsp3) is 0.179. The number of ether oxygens (including phenoxy) is 4. The monoisotopic (exact) mass is 549 g/mol. The molecule has 3 aromatic rings. The van der Waals surface area contributed by atoms with Crippen molar-refractivity contribution in [2.75, 3.05) is 19.8 Å². The van der Waals surface area contributed by atoms with Crippen LogP contribution in [0.25, 0.3) is 17.2 Å². The van der Waals surface area contributed by atoms with E-state index in [1.165, 1.54) is 0 Å². The summed E-state index contributed by atoms with van der Waals surface area (Å²) in [5, 5.41) is 0. The lowest BCUT2D eigenvalue weighted by molar-refractivity contribution is -0.145. The lowest BCUT2D eigenvalue weighted by atomic mass is 10.0. The van der Waals surface area contributed by atoms with E-state index in [0.717, 1.165) is 11.1 Å². The summed E-state index contributed by atoms with van der Waals surface area (Å²) in [7, 11) is 0. The van der Waals surface area contributed by atoms with Gasteiger partial charge in [-0.2, -0.15) is 0 Å². The van der Waals surface area contributed by atoms with Crippen LogP contribution in [-0.2, 0) is 19.1 Å². The van der Waals surface area contributed by atoms with Crippen molar-refractivity contribution in [2.24, 2.45) is 4.99 Å². The molecule has 0 fully saturated rings. The largest absolute Gasteiger partial charge is 0.490 e. The minimum Gasteiger partial charge on any atom is -0.490 e. The molecule has 36 heavy (non-hydrogen) atoms. The zero-order valence-electron chi connectivity index (χ0n) is 19.8. The van der Waals surface area contributed by atoms with E-state index in [9.17, 15) is 9.59 Å². The van der Waals surface area contributed by atoms with Crippen molar-refractivity contribution < 1.29 is 28.5 Å². The van der Waals surface area contributed by atoms with Crippen LogP contribution in [0.4, 0.5) is 0 Å². The summed E-state index contributed by atoms with van der Waals surface area (Å²) in [6.07, 6.45) is 1.61. The molecule has 3 aromatic carbocycles. The molecule has 7 nitrogen and oxygen atoms in total. The first-order valence-electron chi connectivity index (χ1n) is 11.4. The second kappa shape index (κ2) is 11.7. The molecule has 0 unspecified atom stereocenters. The summed E-state index contributed by atoms with van der Waals surface area (Å²) >= 11 is 3.46. The number of hydrogen-bond acceptors (Lipinski definition) is 7. The maximum Gasteiger partial charge on any atom is 0.363 e. The Hall–Kier alpha value is -3.91. The van der Waals surface area contributed by atoms with E-state index in [1.54, 1.807) is 25.1 Å². The molecule has 0 saturated carbocycles. The van der Waals surface area contributed by atoms with Gasteiger partial charge in [-0.15, -0.1) is 0 Å². The molecule has 0 spiro atoms. The lowest BCUT2D eigenvalue weighted by Crippen LogP contribution is -2.15. The fourth-order valence-electron chi connectivity index (χ4n) is 3.53. The van der Waals surface area contributed by atoms with Crippen molar-refractivity contribution >= 4 is 39.8 Å². The number of esters is 2. The van der Waals surface area contributed by atoms with Gasteiger partial charge in [0.2, 0.25) is 5.90 Å². The predicted molar refractivity (Wildman–Crippen MR) is 140 cm³/mol. The third-order valence-corrected chi connectivity index (χ3v) is 5.72. The van der Waals surface area contributed by atoms with Gasteiger partial charge in [-0.05, 0) is 76.8 Å². The topological polar surface area (TPSA) is 83.4 Å². The van der Waals surface area contributed by atoms with E-state index in [4.69, 9.17) is 18.9 Å². The quantitative estimate of drug-likeness (QED) is 0.247. The molecule has 0 aromatic heterocycles. The molecule has 1 aliphatic rings. The number of rotatable bonds is 9. The van der Waals surface area contributed by atoms with Crippen LogP contribution in [0.1, 0.15) is 25.0 Å². The average Bonchev–Trinajstić information content (AvgIpc) is 3.24. The molecule has 0 saturated heterocycles. The fourth-order valence-corrected chi connectivity index (χ4v) is 4.11. The number of aliphatic imine (C=N–C) groups is 1. The Kier molecular flexibility index (Phi) is 8.17. The second-order valence-corrected chi connectivity index (χ2v) is 8.49. The number of halogens is 1. The first kappa shape index (κ1) is 25.2. The summed E-state index contributed by atoms with van der Waals surface area (Å²) in [4.78, 5) is 28.6. The van der Waals surface area contributed by atoms with Crippen LogP contribution < -0.4 is 9.47 Å². The Morgan fingerprint density at radius 1 is 0.944 bits per heavy atom. The van der Waals surface area contributed by atoms with Gasteiger partial charge in [-0.25, -0.2) is 14.6 Å². The first-order chi connectivity index (χ1) is 17.5. The second-order valence-electron chi connectivity index (χ2n) is 7.64. The highest BCUT2D eigenvalue weighted by atomic mass is 79.9. The number of nitrogens with zero attached hydrogens (tertiary/aromatic N) is 1. The van der Waals surface area contributed by atoms with Gasteiger partial charge in [0, 0.05) is 5.56 Å². The molecule has 4 rings (SSSR count). The molecule has 0 aliphatic carbocycles. The van der Waals surface area contributed by atoms with E-state index in [-0.39, 0.29) is 24.8 Å². The molecular weight excluding hydrogens is 526 g/mol. The van der Waals surface area contributed by atoms with Crippen molar-refractivity contribution in [1.29, 1.82) is 0 Å². The molecule has 0 radical (unpaired) electrons. The van der Waals surface area contributed by atoms with Crippen molar-refractivity contribution in [3.63, 3.8) is 0 Å². The SMILES string of the molecule is CCOC(=O)COc1c(Br)cc(/C=C2\N=C(c3ccc(-c4ccccc4)cc3)OC2=O)cc1OCC. The molecule has 1 heterocycles. The first-order valence-corrected chi connectivity index (χ1v) is 12.2. The minimum atomic E-state index is -0.547. The van der Waals surface area contributed by atoms with Gasteiger partial charge >= 0.3 is 11.9 Å². The van der Waals surface area contributed by atoms with Crippen LogP contribution in [0.15, 0.2) is 81.9 Å². The number of benzene rings is 3. The highest BCUT2D eigenvalue weighted by Crippen LogP contribution is 2.38. The van der Waals surface area contributed by atoms with E-state index in [1.807, 2.05) is 61.5 Å². The smallest absolute Gasteiger partial charge is 0.363 e. The molecule has 184 valence electrons. The van der Waals surface area contributed by atoms with Gasteiger partial charge in [-0.1, -0.05) is 42.5 Å². The zero-order chi connectivity index (χ0) is 25.5. The highest BCUT2D eigenvalue weighted by molar-refractivity contribution is 9.10. The van der Waals surface area contributed by atoms with E-state index in [0.29, 0.717) is 33.7 Å². The Morgan fingerprint density at radius 2 is 1.64 bits per heavy atom. The maximum atomic E-state index is 12.5. The molecule has 0 N–H and O–H groups in total. The Balaban J connectivity index is 1.57. The summed E-state index contributed by atoms with van der Waals surface area (Å²) in [6, 6.07) is 21.1. The number of hydrogen-bond donors (Lipinski definition) is 0. The molecule has 0 amide bonds. The van der Waals surface area contributed by atoms with Gasteiger partial charge in [0.15, 0.2) is 23.8 Å². The number of cyclic esters (lactones) is 1. The summed E-state index contributed by atoms with van der Waals surface area (Å²) < 4.78 is 22.2. The van der Waals surface area contributed by atoms with Gasteiger partial charge in [-0.3, -0.25) is 0 Å². The summed E-state index contributed by atoms with van der Waals surface area (Å²) in [5.74, 6) is -0.0116. The van der Waals surface area contributed by atoms with Crippen molar-refractivity contribution in [2.45, 2.75) is 13.8 Å². The summed E-state index contributed by atoms with van der Waals surface area (Å²) in [5.41, 5.74) is 3.65. The molecule has 8 heteroatoms. The van der Waals surface area contributed by atoms with Crippen LogP contribution in [-0.4, -0.2) is 37.7 Å². The minimum absolute atomic E-state index is 0.159. The van der Waals surface area contributed by atoms with Crippen LogP contribution in [0.5, 0.6) is 11.5 Å². The lowest BCUT2D eigenvalue weighted by Gasteiger charge is -2.14. The van der Waals surface area contributed by atoms with Crippen LogP contribution >= 0.6 is 15.9 Å². The third-order valence-electron chi connectivity index (χ3n) is 5.13. The van der Waals surface area contributed by atoms with Crippen LogP contribution in [0, 0.1) is 0 Å². The average molecular weight is 550 g/mol. The molecule has 0 atom stereocenters. The van der Waals surface area contributed by atoms with Crippen molar-refractivity contribution in [3.8, 4) is 22.6 Å². The molecule has 1 aliphatic heterocycles. The standard InChI is InChI=1S/C28H24BrNO6/c1-3-33-24-16-18(14-22(29)26(24)35-17-25(31)34-4-2)15-23-28(32)36-27(30-23)21-12-10-20(11-13-21)19-8-6-5-7-9-19/h5-16H,3-4,17H2,1-2H3/b23-15-. The van der Waals surface area contributed by atoms with E-state index < -0.39 is 11.9 Å². The summed E-state index contributed by atoms with van der Waals surface area (Å²) in [6.45, 7) is 3.96. The van der Waals surface area contributed by atoms with Crippen molar-refractivity contribution in [1.82, 2.24) is 0 Å². The van der Waals surface area contributed by atoms with Crippen molar-refractivity contribution in [3.05, 3.63) is 88.0 Å². The normalized spacial score (nSPS) is 13.8. The Bertz CT molecular complexity index is 1320. The number of carbonyl (C=O) groups is 2. The van der Waals surface area contributed by atoms with Gasteiger partial charge < -0.3 is 18.9 Å². The zero-order valence-corrected chi connectivity index (χ0v) is 21.4. The van der Waals surface area contributed by atoms with Gasteiger partial charge in [0.05, 0.1) is 17.7 Å². The van der Waals surface area contributed by atoms with Gasteiger partial charge in [0.25, 0.3) is 0 Å². The van der Waals surface area contributed by atoms with Crippen LogP contribution in [0.2, 0.25) is 0 Å². The van der Waals surface area contributed by atoms with E-state index >= 15 is 0 Å². The number of carbonyl (C=O) groups excluding carboxylic acids is 2. The Labute approximate surface area is 217 Å². The highest BCUT2D eigenvalue weighted by Gasteiger charge is 2.25. The maximum absolute atomic E-state index is 12.5. The third kappa shape index (κ3) is 6.01. The van der Waals surface area contributed by atoms with Crippen LogP contribution in [0.3, 0.4) is 0 Å². The van der Waals surface area contributed by atoms with Gasteiger partial charge in [0.1, 0.15) is 0 Å². The molecule has 0 bridgehead atoms. The predicted octanol–water partition coefficient (Wildman–Crippen LogP) is 5.80. The Morgan fingerprint density at radius 3 is 2.33 bits per heavy atom. The van der Waals surface area contributed by atoms with E-state index in [2.05, 4.69) is 20.9 Å². The molecular formula is C28H24BrNO6.